The molecule has 2 rings (SSSR count). The van der Waals surface area contributed by atoms with Gasteiger partial charge in [-0.15, -0.1) is 0 Å². The zero-order chi connectivity index (χ0) is 15.2. The van der Waals surface area contributed by atoms with Gasteiger partial charge < -0.3 is 9.26 Å². The molecule has 2 amide bonds. The Morgan fingerprint density at radius 2 is 2.14 bits per heavy atom. The van der Waals surface area contributed by atoms with Gasteiger partial charge in [0.15, 0.2) is 11.5 Å². The van der Waals surface area contributed by atoms with Gasteiger partial charge >= 0.3 is 6.09 Å². The van der Waals surface area contributed by atoms with Gasteiger partial charge in [0.05, 0.1) is 6.61 Å². The fourth-order valence-electron chi connectivity index (χ4n) is 1.50. The fourth-order valence-corrected chi connectivity index (χ4v) is 1.69. The highest BCUT2D eigenvalue weighted by Gasteiger charge is 2.14. The molecule has 0 fully saturated rings. The summed E-state index contributed by atoms with van der Waals surface area (Å²) in [7, 11) is 0. The lowest BCUT2D eigenvalue weighted by Gasteiger charge is -2.04. The number of nitrogens with one attached hydrogen (secondary N) is 2. The standard InChI is InChI=1S/C13H12ClN3O4/c1-2-20-13(19)16-15-12(18)10-7-11(21-17-10)8-4-3-5-9(14)6-8/h3-7H,2H2,1H3,(H,15,18)(H,16,19). The molecule has 0 bridgehead atoms. The van der Waals surface area contributed by atoms with Crippen LogP contribution in [0, 0.1) is 0 Å². The van der Waals surface area contributed by atoms with Crippen LogP contribution in [0.15, 0.2) is 34.9 Å². The van der Waals surface area contributed by atoms with Crippen molar-refractivity contribution in [2.24, 2.45) is 0 Å². The molecule has 7 nitrogen and oxygen atoms in total. The van der Waals surface area contributed by atoms with E-state index in [-0.39, 0.29) is 12.3 Å². The molecule has 21 heavy (non-hydrogen) atoms. The molecule has 1 aromatic heterocycles. The third kappa shape index (κ3) is 3.96. The van der Waals surface area contributed by atoms with E-state index in [1.165, 1.54) is 6.07 Å². The number of nitrogens with zero attached hydrogens (tertiary/aromatic N) is 1. The molecule has 0 aliphatic heterocycles. The maximum atomic E-state index is 11.7. The first kappa shape index (κ1) is 14.9. The lowest BCUT2D eigenvalue weighted by atomic mass is 10.1. The monoisotopic (exact) mass is 309 g/mol. The highest BCUT2D eigenvalue weighted by atomic mass is 35.5. The van der Waals surface area contributed by atoms with Crippen LogP contribution in [-0.4, -0.2) is 23.8 Å². The van der Waals surface area contributed by atoms with Crippen molar-refractivity contribution in [3.05, 3.63) is 41.0 Å². The van der Waals surface area contributed by atoms with Crippen LogP contribution in [0.25, 0.3) is 11.3 Å². The third-order valence-electron chi connectivity index (χ3n) is 2.41. The van der Waals surface area contributed by atoms with Crippen LogP contribution < -0.4 is 10.9 Å². The number of hydrogen-bond acceptors (Lipinski definition) is 5. The molecule has 2 aromatic rings. The molecule has 0 spiro atoms. The summed E-state index contributed by atoms with van der Waals surface area (Å²) >= 11 is 5.88. The molecule has 0 radical (unpaired) electrons. The molecule has 0 saturated carbocycles. The number of amides is 2. The van der Waals surface area contributed by atoms with Gasteiger partial charge in [0.2, 0.25) is 0 Å². The molecule has 1 aromatic carbocycles. The minimum atomic E-state index is -0.760. The lowest BCUT2D eigenvalue weighted by Crippen LogP contribution is -2.42. The molecule has 0 saturated heterocycles. The second-order valence-corrected chi connectivity index (χ2v) is 4.32. The molecule has 0 aliphatic carbocycles. The number of benzene rings is 1. The van der Waals surface area contributed by atoms with Crippen LogP contribution in [0.1, 0.15) is 17.4 Å². The summed E-state index contributed by atoms with van der Waals surface area (Å²) in [6.07, 6.45) is -0.760. The van der Waals surface area contributed by atoms with E-state index in [4.69, 9.17) is 16.1 Å². The van der Waals surface area contributed by atoms with Crippen molar-refractivity contribution in [1.82, 2.24) is 16.0 Å². The fraction of sp³-hybridized carbons (Fsp3) is 0.154. The number of carbonyl (C=O) groups is 2. The third-order valence-corrected chi connectivity index (χ3v) is 2.64. The largest absolute Gasteiger partial charge is 0.449 e. The molecular formula is C13H12ClN3O4. The van der Waals surface area contributed by atoms with Crippen molar-refractivity contribution >= 4 is 23.6 Å². The number of carbonyl (C=O) groups excluding carboxylic acids is 2. The second-order valence-electron chi connectivity index (χ2n) is 3.89. The Hall–Kier alpha value is -2.54. The van der Waals surface area contributed by atoms with Gasteiger partial charge in [-0.3, -0.25) is 10.2 Å². The first-order chi connectivity index (χ1) is 10.1. The Bertz CT molecular complexity index is 656. The Morgan fingerprint density at radius 1 is 1.33 bits per heavy atom. The van der Waals surface area contributed by atoms with Crippen LogP contribution in [0.3, 0.4) is 0 Å². The molecule has 8 heteroatoms. The number of aromatic nitrogens is 1. The summed E-state index contributed by atoms with van der Waals surface area (Å²) in [5, 5.41) is 4.16. The number of hydrogen-bond donors (Lipinski definition) is 2. The van der Waals surface area contributed by atoms with E-state index in [0.29, 0.717) is 16.3 Å². The maximum Gasteiger partial charge on any atom is 0.426 e. The normalized spacial score (nSPS) is 10.0. The number of ether oxygens (including phenoxy) is 1. The summed E-state index contributed by atoms with van der Waals surface area (Å²) in [5.41, 5.74) is 4.93. The van der Waals surface area contributed by atoms with E-state index in [0.717, 1.165) is 0 Å². The van der Waals surface area contributed by atoms with Crippen molar-refractivity contribution in [2.75, 3.05) is 6.61 Å². The van der Waals surface area contributed by atoms with Gasteiger partial charge in [-0.25, -0.2) is 10.2 Å². The molecule has 0 aliphatic rings. The summed E-state index contributed by atoms with van der Waals surface area (Å²) in [6.45, 7) is 1.85. The molecule has 2 N–H and O–H groups in total. The van der Waals surface area contributed by atoms with E-state index >= 15 is 0 Å². The highest BCUT2D eigenvalue weighted by molar-refractivity contribution is 6.30. The Balaban J connectivity index is 2.02. The van der Waals surface area contributed by atoms with Gasteiger partial charge in [-0.1, -0.05) is 28.9 Å². The average Bonchev–Trinajstić information content (AvgIpc) is 2.95. The van der Waals surface area contributed by atoms with Gasteiger partial charge in [0.1, 0.15) is 0 Å². The van der Waals surface area contributed by atoms with Crippen molar-refractivity contribution in [3.63, 3.8) is 0 Å². The number of halogens is 1. The van der Waals surface area contributed by atoms with E-state index < -0.39 is 12.0 Å². The SMILES string of the molecule is CCOC(=O)NNC(=O)c1cc(-c2cccc(Cl)c2)on1. The van der Waals surface area contributed by atoms with Gasteiger partial charge in [0.25, 0.3) is 5.91 Å². The minimum absolute atomic E-state index is 0.0155. The molecule has 1 heterocycles. The van der Waals surface area contributed by atoms with Gasteiger partial charge in [-0.2, -0.15) is 0 Å². The van der Waals surface area contributed by atoms with E-state index in [2.05, 4.69) is 20.7 Å². The quantitative estimate of drug-likeness (QED) is 0.849. The Kier molecular flexibility index (Phi) is 4.78. The summed E-state index contributed by atoms with van der Waals surface area (Å²) in [4.78, 5) is 22.8. The van der Waals surface area contributed by atoms with Crippen molar-refractivity contribution in [2.45, 2.75) is 6.92 Å². The average molecular weight is 310 g/mol. The predicted octanol–water partition coefficient (Wildman–Crippen LogP) is 2.39. The zero-order valence-corrected chi connectivity index (χ0v) is 11.8. The summed E-state index contributed by atoms with van der Waals surface area (Å²) < 4.78 is 9.66. The molecular weight excluding hydrogens is 298 g/mol. The van der Waals surface area contributed by atoms with Crippen LogP contribution in [-0.2, 0) is 4.74 Å². The summed E-state index contributed by atoms with van der Waals surface area (Å²) in [6, 6.07) is 8.36. The van der Waals surface area contributed by atoms with E-state index in [1.807, 2.05) is 0 Å². The maximum absolute atomic E-state index is 11.7. The minimum Gasteiger partial charge on any atom is -0.449 e. The molecule has 0 unspecified atom stereocenters. The smallest absolute Gasteiger partial charge is 0.426 e. The molecule has 110 valence electrons. The molecule has 0 atom stereocenters. The van der Waals surface area contributed by atoms with Crippen LogP contribution in [0.5, 0.6) is 0 Å². The van der Waals surface area contributed by atoms with Crippen molar-refractivity contribution < 1.29 is 18.8 Å². The van der Waals surface area contributed by atoms with E-state index in [9.17, 15) is 9.59 Å². The second kappa shape index (κ2) is 6.76. The lowest BCUT2D eigenvalue weighted by molar-refractivity contribution is 0.0904. The topological polar surface area (TPSA) is 93.5 Å². The first-order valence-corrected chi connectivity index (χ1v) is 6.43. The highest BCUT2D eigenvalue weighted by Crippen LogP contribution is 2.23. The number of rotatable bonds is 3. The van der Waals surface area contributed by atoms with Gasteiger partial charge in [-0.05, 0) is 19.1 Å². The van der Waals surface area contributed by atoms with Gasteiger partial charge in [0, 0.05) is 16.7 Å². The van der Waals surface area contributed by atoms with Crippen molar-refractivity contribution in [3.8, 4) is 11.3 Å². The van der Waals surface area contributed by atoms with Crippen LogP contribution >= 0.6 is 11.6 Å². The predicted molar refractivity (Wildman–Crippen MR) is 74.6 cm³/mol. The van der Waals surface area contributed by atoms with E-state index in [1.54, 1.807) is 31.2 Å². The van der Waals surface area contributed by atoms with Crippen molar-refractivity contribution in [1.29, 1.82) is 0 Å². The van der Waals surface area contributed by atoms with Crippen LogP contribution in [0.2, 0.25) is 5.02 Å². The number of hydrazine groups is 1. The zero-order valence-electron chi connectivity index (χ0n) is 11.1. The van der Waals surface area contributed by atoms with Crippen LogP contribution in [0.4, 0.5) is 4.79 Å². The summed E-state index contributed by atoms with van der Waals surface area (Å²) in [5.74, 6) is -0.237. The first-order valence-electron chi connectivity index (χ1n) is 6.06. The Labute approximate surface area is 125 Å². The Morgan fingerprint density at radius 3 is 2.86 bits per heavy atom.